The summed E-state index contributed by atoms with van der Waals surface area (Å²) in [5, 5.41) is 0. The van der Waals surface area contributed by atoms with Crippen molar-refractivity contribution in [2.75, 3.05) is 0 Å². The van der Waals surface area contributed by atoms with Crippen molar-refractivity contribution in [2.24, 2.45) is 0 Å². The van der Waals surface area contributed by atoms with Crippen LogP contribution in [0, 0.1) is 9.39 Å². The zero-order valence-corrected chi connectivity index (χ0v) is 9.06. The van der Waals surface area contributed by atoms with E-state index < -0.39 is 0 Å². The fourth-order valence-electron chi connectivity index (χ4n) is 0.870. The monoisotopic (exact) mass is 277 g/mol. The first-order chi connectivity index (χ1) is 5.24. The average molecular weight is 277 g/mol. The molecule has 1 aromatic rings. The van der Waals surface area contributed by atoms with Crippen LogP contribution in [0.25, 0.3) is 0 Å². The third-order valence-corrected chi connectivity index (χ3v) is 2.70. The standard InChI is InChI=1S/C8H7FISi/c9-7-1-2-8(10)6(5-7)3-4-11/h1-2,5H,3-4H2. The van der Waals surface area contributed by atoms with Crippen LogP contribution in [-0.2, 0) is 6.42 Å². The van der Waals surface area contributed by atoms with Crippen LogP contribution in [0.3, 0.4) is 0 Å². The maximum absolute atomic E-state index is 12.7. The van der Waals surface area contributed by atoms with Gasteiger partial charge in [-0.05, 0) is 52.8 Å². The summed E-state index contributed by atoms with van der Waals surface area (Å²) in [7, 11) is 3.36. The van der Waals surface area contributed by atoms with Gasteiger partial charge in [0.1, 0.15) is 5.82 Å². The van der Waals surface area contributed by atoms with Gasteiger partial charge in [-0.1, -0.05) is 6.04 Å². The number of hydrogen-bond donors (Lipinski definition) is 0. The highest BCUT2D eigenvalue weighted by Crippen LogP contribution is 2.14. The van der Waals surface area contributed by atoms with E-state index in [0.29, 0.717) is 0 Å². The van der Waals surface area contributed by atoms with Crippen molar-refractivity contribution in [2.45, 2.75) is 12.5 Å². The van der Waals surface area contributed by atoms with E-state index in [0.717, 1.165) is 21.6 Å². The Morgan fingerprint density at radius 3 is 2.82 bits per heavy atom. The second-order valence-corrected chi connectivity index (χ2v) is 3.90. The predicted octanol–water partition coefficient (Wildman–Crippen LogP) is 2.56. The maximum Gasteiger partial charge on any atom is 0.123 e. The van der Waals surface area contributed by atoms with Crippen LogP contribution in [0.15, 0.2) is 18.2 Å². The van der Waals surface area contributed by atoms with Crippen LogP contribution in [0.2, 0.25) is 6.04 Å². The quantitative estimate of drug-likeness (QED) is 0.575. The van der Waals surface area contributed by atoms with Crippen molar-refractivity contribution < 1.29 is 4.39 Å². The molecule has 1 rings (SSSR count). The van der Waals surface area contributed by atoms with Gasteiger partial charge in [-0.15, -0.1) is 0 Å². The molecule has 3 radical (unpaired) electrons. The SMILES string of the molecule is Fc1ccc(I)c(CC[Si])c1. The van der Waals surface area contributed by atoms with Crippen LogP contribution in [0.1, 0.15) is 5.56 Å². The van der Waals surface area contributed by atoms with Gasteiger partial charge in [0.2, 0.25) is 0 Å². The molecular formula is C8H7FISi. The summed E-state index contributed by atoms with van der Waals surface area (Å²) in [6.07, 6.45) is 0.882. The van der Waals surface area contributed by atoms with E-state index >= 15 is 0 Å². The molecule has 0 atom stereocenters. The molecule has 0 aliphatic heterocycles. The van der Waals surface area contributed by atoms with Gasteiger partial charge in [0.15, 0.2) is 0 Å². The van der Waals surface area contributed by atoms with Crippen molar-refractivity contribution in [1.29, 1.82) is 0 Å². The van der Waals surface area contributed by atoms with E-state index in [2.05, 4.69) is 32.8 Å². The van der Waals surface area contributed by atoms with Gasteiger partial charge in [0.05, 0.1) is 0 Å². The number of rotatable bonds is 2. The van der Waals surface area contributed by atoms with Gasteiger partial charge in [0, 0.05) is 13.8 Å². The molecule has 0 saturated carbocycles. The molecule has 0 aliphatic carbocycles. The van der Waals surface area contributed by atoms with E-state index in [1.54, 1.807) is 12.1 Å². The molecule has 0 unspecified atom stereocenters. The molecule has 1 aromatic carbocycles. The molecule has 3 heteroatoms. The van der Waals surface area contributed by atoms with E-state index in [1.165, 1.54) is 6.07 Å². The third kappa shape index (κ3) is 2.55. The Bertz CT molecular complexity index is 250. The van der Waals surface area contributed by atoms with Crippen molar-refractivity contribution in [3.8, 4) is 0 Å². The van der Waals surface area contributed by atoms with Gasteiger partial charge in [-0.25, -0.2) is 4.39 Å². The summed E-state index contributed by atoms with van der Waals surface area (Å²) >= 11 is 2.21. The van der Waals surface area contributed by atoms with Gasteiger partial charge >= 0.3 is 0 Å². The van der Waals surface area contributed by atoms with E-state index in [4.69, 9.17) is 0 Å². The third-order valence-electron chi connectivity index (χ3n) is 1.40. The molecule has 0 spiro atoms. The fourth-order valence-corrected chi connectivity index (χ4v) is 1.74. The molecule has 0 saturated heterocycles. The summed E-state index contributed by atoms with van der Waals surface area (Å²) in [5.41, 5.74) is 1.07. The first-order valence-corrected chi connectivity index (χ1v) is 5.11. The van der Waals surface area contributed by atoms with Crippen LogP contribution >= 0.6 is 22.6 Å². The number of benzene rings is 1. The first-order valence-electron chi connectivity index (χ1n) is 3.32. The molecule has 0 N–H and O–H groups in total. The van der Waals surface area contributed by atoms with Crippen LogP contribution in [0.5, 0.6) is 0 Å². The Morgan fingerprint density at radius 2 is 2.18 bits per heavy atom. The lowest BCUT2D eigenvalue weighted by Gasteiger charge is -2.01. The fraction of sp³-hybridized carbons (Fsp3) is 0.250. The molecule has 0 aromatic heterocycles. The summed E-state index contributed by atoms with van der Waals surface area (Å²) in [6, 6.07) is 5.74. The smallest absolute Gasteiger partial charge is 0.123 e. The topological polar surface area (TPSA) is 0 Å². The van der Waals surface area contributed by atoms with Crippen molar-refractivity contribution in [3.63, 3.8) is 0 Å². The normalized spacial score (nSPS) is 10.1. The highest BCUT2D eigenvalue weighted by Gasteiger charge is 1.99. The highest BCUT2D eigenvalue weighted by atomic mass is 127. The molecular weight excluding hydrogens is 270 g/mol. The van der Waals surface area contributed by atoms with Crippen LogP contribution in [-0.4, -0.2) is 10.2 Å². The van der Waals surface area contributed by atoms with Crippen LogP contribution < -0.4 is 0 Å². The molecule has 0 bridgehead atoms. The lowest BCUT2D eigenvalue weighted by atomic mass is 10.2. The second kappa shape index (κ2) is 4.20. The van der Waals surface area contributed by atoms with Crippen molar-refractivity contribution in [1.82, 2.24) is 0 Å². The zero-order chi connectivity index (χ0) is 8.27. The van der Waals surface area contributed by atoms with Gasteiger partial charge < -0.3 is 0 Å². The number of aryl methyl sites for hydroxylation is 1. The van der Waals surface area contributed by atoms with E-state index in [9.17, 15) is 4.39 Å². The largest absolute Gasteiger partial charge is 0.207 e. The Kier molecular flexibility index (Phi) is 3.51. The Labute approximate surface area is 82.8 Å². The van der Waals surface area contributed by atoms with Gasteiger partial charge in [-0.3, -0.25) is 0 Å². The minimum atomic E-state index is -0.152. The maximum atomic E-state index is 12.7. The van der Waals surface area contributed by atoms with E-state index in [1.807, 2.05) is 0 Å². The molecule has 57 valence electrons. The van der Waals surface area contributed by atoms with Gasteiger partial charge in [0.25, 0.3) is 0 Å². The summed E-state index contributed by atoms with van der Waals surface area (Å²) in [6.45, 7) is 0. The molecule has 0 fully saturated rings. The van der Waals surface area contributed by atoms with Gasteiger partial charge in [-0.2, -0.15) is 0 Å². The first kappa shape index (κ1) is 9.19. The number of hydrogen-bond acceptors (Lipinski definition) is 0. The summed E-state index contributed by atoms with van der Waals surface area (Å²) in [5.74, 6) is -0.152. The van der Waals surface area contributed by atoms with Crippen molar-refractivity contribution >= 4 is 32.8 Å². The Balaban J connectivity index is 2.93. The minimum Gasteiger partial charge on any atom is -0.207 e. The lowest BCUT2D eigenvalue weighted by Crippen LogP contribution is -1.89. The molecule has 0 amide bonds. The highest BCUT2D eigenvalue weighted by molar-refractivity contribution is 14.1. The Hall–Kier alpha value is 0.0969. The Morgan fingerprint density at radius 1 is 1.45 bits per heavy atom. The average Bonchev–Trinajstić information content (AvgIpc) is 1.98. The molecule has 0 aliphatic rings. The lowest BCUT2D eigenvalue weighted by molar-refractivity contribution is 0.625. The molecule has 11 heavy (non-hydrogen) atoms. The zero-order valence-electron chi connectivity index (χ0n) is 5.90. The van der Waals surface area contributed by atoms with E-state index in [-0.39, 0.29) is 5.82 Å². The summed E-state index contributed by atoms with van der Waals surface area (Å²) < 4.78 is 13.8. The molecule has 0 nitrogen and oxygen atoms in total. The van der Waals surface area contributed by atoms with Crippen LogP contribution in [0.4, 0.5) is 4.39 Å². The minimum absolute atomic E-state index is 0.152. The second-order valence-electron chi connectivity index (χ2n) is 2.24. The number of halogens is 2. The molecule has 0 heterocycles. The summed E-state index contributed by atoms with van der Waals surface area (Å²) in [4.78, 5) is 0. The van der Waals surface area contributed by atoms with Crippen molar-refractivity contribution in [3.05, 3.63) is 33.1 Å². The predicted molar refractivity (Wildman–Crippen MR) is 53.4 cm³/mol.